The molecule has 0 aromatic heterocycles. The highest BCUT2D eigenvalue weighted by atomic mass is 16.3. The number of aliphatic hydroxyl groups excluding tert-OH is 2. The first-order valence-electron chi connectivity index (χ1n) is 10.5. The van der Waals surface area contributed by atoms with Crippen molar-refractivity contribution in [2.24, 2.45) is 34.5 Å². The van der Waals surface area contributed by atoms with Crippen molar-refractivity contribution in [3.8, 4) is 0 Å². The van der Waals surface area contributed by atoms with Gasteiger partial charge in [-0.15, -0.1) is 0 Å². The van der Waals surface area contributed by atoms with Crippen LogP contribution in [0.5, 0.6) is 0 Å². The fraction of sp³-hybridized carbons (Fsp3) is 0.909. The quantitative estimate of drug-likeness (QED) is 0.720. The molecule has 0 bridgehead atoms. The predicted molar refractivity (Wildman–Crippen MR) is 97.5 cm³/mol. The van der Waals surface area contributed by atoms with E-state index in [1.165, 1.54) is 32.1 Å². The fourth-order valence-corrected chi connectivity index (χ4v) is 7.38. The lowest BCUT2D eigenvalue weighted by Gasteiger charge is -2.59. The molecule has 0 amide bonds. The first-order chi connectivity index (χ1) is 11.4. The fourth-order valence-electron chi connectivity index (χ4n) is 7.38. The maximum Gasteiger partial charge on any atom is 0.0596 e. The molecular weight excluding hydrogens is 296 g/mol. The highest BCUT2D eigenvalue weighted by molar-refractivity contribution is 5.27. The second-order valence-corrected chi connectivity index (χ2v) is 9.89. The molecule has 0 spiro atoms. The minimum Gasteiger partial charge on any atom is -0.393 e. The molecule has 3 saturated carbocycles. The Kier molecular flexibility index (Phi) is 4.16. The van der Waals surface area contributed by atoms with E-state index in [1.807, 2.05) is 0 Å². The molecule has 4 aliphatic rings. The smallest absolute Gasteiger partial charge is 0.0596 e. The minimum absolute atomic E-state index is 0.0860. The van der Waals surface area contributed by atoms with E-state index in [9.17, 15) is 10.2 Å². The highest BCUT2D eigenvalue weighted by Crippen LogP contribution is 2.66. The summed E-state index contributed by atoms with van der Waals surface area (Å²) in [6.45, 7) is 7.18. The van der Waals surface area contributed by atoms with Crippen LogP contribution in [-0.2, 0) is 0 Å². The topological polar surface area (TPSA) is 40.5 Å². The zero-order valence-corrected chi connectivity index (χ0v) is 15.8. The van der Waals surface area contributed by atoms with Gasteiger partial charge in [-0.05, 0) is 85.9 Å². The molecule has 3 fully saturated rings. The van der Waals surface area contributed by atoms with Crippen molar-refractivity contribution in [1.82, 2.24) is 0 Å². The maximum atomic E-state index is 10.7. The minimum atomic E-state index is -0.120. The van der Waals surface area contributed by atoms with Crippen LogP contribution in [0.15, 0.2) is 11.6 Å². The Morgan fingerprint density at radius 1 is 1.04 bits per heavy atom. The second-order valence-electron chi connectivity index (χ2n) is 9.89. The van der Waals surface area contributed by atoms with Crippen molar-refractivity contribution in [1.29, 1.82) is 0 Å². The molecule has 0 aromatic rings. The highest BCUT2D eigenvalue weighted by Gasteiger charge is 2.60. The van der Waals surface area contributed by atoms with Gasteiger partial charge in [-0.3, -0.25) is 0 Å². The van der Waals surface area contributed by atoms with Gasteiger partial charge in [-0.2, -0.15) is 0 Å². The van der Waals surface area contributed by atoms with Gasteiger partial charge in [0, 0.05) is 0 Å². The molecule has 4 aliphatic carbocycles. The third-order valence-corrected chi connectivity index (χ3v) is 8.82. The summed E-state index contributed by atoms with van der Waals surface area (Å²) in [7, 11) is 0. The number of hydrogen-bond acceptors (Lipinski definition) is 2. The third kappa shape index (κ3) is 2.28. The summed E-state index contributed by atoms with van der Waals surface area (Å²) in [6.07, 6.45) is 12.7. The van der Waals surface area contributed by atoms with Crippen molar-refractivity contribution in [3.63, 3.8) is 0 Å². The summed E-state index contributed by atoms with van der Waals surface area (Å²) < 4.78 is 0. The van der Waals surface area contributed by atoms with E-state index in [0.717, 1.165) is 37.5 Å². The largest absolute Gasteiger partial charge is 0.393 e. The van der Waals surface area contributed by atoms with E-state index in [1.54, 1.807) is 5.57 Å². The van der Waals surface area contributed by atoms with E-state index in [4.69, 9.17) is 0 Å². The zero-order valence-electron chi connectivity index (χ0n) is 15.8. The van der Waals surface area contributed by atoms with Gasteiger partial charge in [0.15, 0.2) is 0 Å². The summed E-state index contributed by atoms with van der Waals surface area (Å²) in [6, 6.07) is 0. The molecule has 24 heavy (non-hydrogen) atoms. The Morgan fingerprint density at radius 3 is 2.58 bits per heavy atom. The molecule has 136 valence electrons. The number of hydrogen-bond donors (Lipinski definition) is 2. The molecule has 0 heterocycles. The van der Waals surface area contributed by atoms with Gasteiger partial charge >= 0.3 is 0 Å². The van der Waals surface area contributed by atoms with Crippen molar-refractivity contribution in [3.05, 3.63) is 11.6 Å². The van der Waals surface area contributed by atoms with Crippen LogP contribution in [0.4, 0.5) is 0 Å². The summed E-state index contributed by atoms with van der Waals surface area (Å²) in [4.78, 5) is 0. The van der Waals surface area contributed by atoms with Crippen LogP contribution < -0.4 is 0 Å². The number of fused-ring (bicyclic) bond motifs is 5. The molecule has 4 rings (SSSR count). The predicted octanol–water partition coefficient (Wildman–Crippen LogP) is 4.70. The number of allylic oxidation sites excluding steroid dienone is 1. The van der Waals surface area contributed by atoms with E-state index in [2.05, 4.69) is 26.8 Å². The molecule has 0 saturated heterocycles. The number of rotatable bonds is 2. The van der Waals surface area contributed by atoms with Crippen LogP contribution in [0.1, 0.15) is 78.6 Å². The molecule has 2 heteroatoms. The summed E-state index contributed by atoms with van der Waals surface area (Å²) in [5.74, 6) is 2.89. The van der Waals surface area contributed by atoms with E-state index < -0.39 is 0 Å². The standard InChI is InChI=1S/C22H36O2/c1-4-5-14-12-15-13-16(23)8-10-21(15,2)18-9-11-22(3)17(20(14)18)6-7-19(22)24/h12,14,16-20,23-24H,4-11,13H2,1-3H3/t14-,16-,17-,18-,19-,20-,21-,22-/m0/s1. The lowest BCUT2D eigenvalue weighted by Crippen LogP contribution is -2.53. The SMILES string of the molecule is CCC[C@H]1C=C2C[C@@H](O)CC[C@]2(C)[C@H]2CC[C@]3(C)[C@@H](O)CC[C@H]3[C@H]12. The lowest BCUT2D eigenvalue weighted by molar-refractivity contribution is -0.0881. The van der Waals surface area contributed by atoms with Gasteiger partial charge in [0.1, 0.15) is 0 Å². The van der Waals surface area contributed by atoms with Crippen molar-refractivity contribution >= 4 is 0 Å². The summed E-state index contributed by atoms with van der Waals surface area (Å²) in [5, 5.41) is 20.9. The number of aliphatic hydroxyl groups is 2. The van der Waals surface area contributed by atoms with Gasteiger partial charge < -0.3 is 10.2 Å². The van der Waals surface area contributed by atoms with Gasteiger partial charge in [-0.25, -0.2) is 0 Å². The summed E-state index contributed by atoms with van der Waals surface area (Å²) in [5.41, 5.74) is 2.04. The lowest BCUT2D eigenvalue weighted by atomic mass is 9.45. The van der Waals surface area contributed by atoms with Crippen LogP contribution in [-0.4, -0.2) is 22.4 Å². The van der Waals surface area contributed by atoms with E-state index >= 15 is 0 Å². The van der Waals surface area contributed by atoms with Crippen LogP contribution in [0.2, 0.25) is 0 Å². The normalized spacial score (nSPS) is 53.8. The van der Waals surface area contributed by atoms with Crippen molar-refractivity contribution < 1.29 is 10.2 Å². The second kappa shape index (κ2) is 5.84. The Labute approximate surface area is 147 Å². The average Bonchev–Trinajstić information content (AvgIpc) is 2.85. The monoisotopic (exact) mass is 332 g/mol. The molecule has 0 radical (unpaired) electrons. The van der Waals surface area contributed by atoms with Gasteiger partial charge in [0.2, 0.25) is 0 Å². The third-order valence-electron chi connectivity index (χ3n) is 8.82. The first-order valence-corrected chi connectivity index (χ1v) is 10.5. The molecule has 2 nitrogen and oxygen atoms in total. The van der Waals surface area contributed by atoms with Crippen molar-refractivity contribution in [2.75, 3.05) is 0 Å². The average molecular weight is 333 g/mol. The molecule has 0 aliphatic heterocycles. The Bertz CT molecular complexity index is 526. The molecule has 0 unspecified atom stereocenters. The Hall–Kier alpha value is -0.340. The maximum absolute atomic E-state index is 10.7. The Morgan fingerprint density at radius 2 is 1.83 bits per heavy atom. The van der Waals surface area contributed by atoms with Crippen molar-refractivity contribution in [2.45, 2.75) is 90.8 Å². The molecular formula is C22H36O2. The first kappa shape index (κ1) is 17.1. The van der Waals surface area contributed by atoms with Gasteiger partial charge in [0.25, 0.3) is 0 Å². The van der Waals surface area contributed by atoms with E-state index in [0.29, 0.717) is 17.3 Å². The van der Waals surface area contributed by atoms with Gasteiger partial charge in [0.05, 0.1) is 12.2 Å². The van der Waals surface area contributed by atoms with Crippen LogP contribution in [0, 0.1) is 34.5 Å². The molecule has 8 atom stereocenters. The van der Waals surface area contributed by atoms with Crippen LogP contribution in [0.25, 0.3) is 0 Å². The van der Waals surface area contributed by atoms with Crippen LogP contribution >= 0.6 is 0 Å². The molecule has 0 aromatic carbocycles. The molecule has 2 N–H and O–H groups in total. The zero-order chi connectivity index (χ0) is 17.1. The van der Waals surface area contributed by atoms with Gasteiger partial charge in [-0.1, -0.05) is 38.8 Å². The Balaban J connectivity index is 1.75. The van der Waals surface area contributed by atoms with E-state index in [-0.39, 0.29) is 17.6 Å². The summed E-state index contributed by atoms with van der Waals surface area (Å²) >= 11 is 0. The van der Waals surface area contributed by atoms with Crippen LogP contribution in [0.3, 0.4) is 0 Å².